The van der Waals surface area contributed by atoms with Crippen molar-refractivity contribution < 1.29 is 18.3 Å². The highest BCUT2D eigenvalue weighted by molar-refractivity contribution is 14.1. The fraction of sp³-hybridized carbons (Fsp3) is 0.300. The Hall–Kier alpha value is -0.720. The Morgan fingerprint density at radius 1 is 1.47 bits per heavy atom. The van der Waals surface area contributed by atoms with Crippen molar-refractivity contribution >= 4 is 28.4 Å². The van der Waals surface area contributed by atoms with Crippen molar-refractivity contribution in [3.8, 4) is 5.75 Å². The number of alkyl halides is 2. The Morgan fingerprint density at radius 3 is 2.53 bits per heavy atom. The van der Waals surface area contributed by atoms with Crippen LogP contribution in [0, 0.1) is 10.5 Å². The highest BCUT2D eigenvalue weighted by Crippen LogP contribution is 2.26. The predicted octanol–water partition coefficient (Wildman–Crippen LogP) is 3.40. The minimum Gasteiger partial charge on any atom is -0.435 e. The van der Waals surface area contributed by atoms with Crippen molar-refractivity contribution in [2.75, 3.05) is 0 Å². The monoisotopic (exact) mass is 326 g/mol. The number of benzene rings is 1. The van der Waals surface area contributed by atoms with Crippen LogP contribution < -0.4 is 4.74 Å². The van der Waals surface area contributed by atoms with Crippen LogP contribution in [-0.4, -0.2) is 12.4 Å². The van der Waals surface area contributed by atoms with E-state index in [4.69, 9.17) is 0 Å². The summed E-state index contributed by atoms with van der Waals surface area (Å²) in [6, 6.07) is 3.00. The number of carbonyl (C=O) groups excluding carboxylic acids is 1. The summed E-state index contributed by atoms with van der Waals surface area (Å²) in [5.41, 5.74) is 1.05. The fourth-order valence-corrected chi connectivity index (χ4v) is 1.97. The molecule has 0 aliphatic rings. The minimum atomic E-state index is -2.84. The van der Waals surface area contributed by atoms with Crippen LogP contribution in [0.25, 0.3) is 0 Å². The number of ketones is 1. The number of hydrogen-bond acceptors (Lipinski definition) is 2. The summed E-state index contributed by atoms with van der Waals surface area (Å²) in [5, 5.41) is 0. The van der Waals surface area contributed by atoms with Crippen molar-refractivity contribution in [3.63, 3.8) is 0 Å². The summed E-state index contributed by atoms with van der Waals surface area (Å²) in [7, 11) is 0. The van der Waals surface area contributed by atoms with Crippen LogP contribution in [0.2, 0.25) is 0 Å². The van der Waals surface area contributed by atoms with Gasteiger partial charge in [-0.3, -0.25) is 4.79 Å². The van der Waals surface area contributed by atoms with Gasteiger partial charge in [0.15, 0.2) is 5.78 Å². The van der Waals surface area contributed by atoms with Gasteiger partial charge in [0.2, 0.25) is 0 Å². The van der Waals surface area contributed by atoms with E-state index in [2.05, 4.69) is 4.74 Å². The second-order valence-corrected chi connectivity index (χ2v) is 4.19. The van der Waals surface area contributed by atoms with Crippen LogP contribution >= 0.6 is 22.6 Å². The van der Waals surface area contributed by atoms with Crippen LogP contribution in [0.4, 0.5) is 8.78 Å². The maximum absolute atomic E-state index is 12.0. The van der Waals surface area contributed by atoms with E-state index in [-0.39, 0.29) is 11.5 Å². The van der Waals surface area contributed by atoms with Crippen molar-refractivity contribution in [1.29, 1.82) is 0 Å². The topological polar surface area (TPSA) is 26.3 Å². The number of rotatable bonds is 3. The van der Waals surface area contributed by atoms with Gasteiger partial charge in [0, 0.05) is 9.13 Å². The lowest BCUT2D eigenvalue weighted by Crippen LogP contribution is -2.05. The Kier molecular flexibility index (Phi) is 4.01. The lowest BCUT2D eigenvalue weighted by Gasteiger charge is -2.10. The van der Waals surface area contributed by atoms with E-state index in [1.165, 1.54) is 13.0 Å². The highest BCUT2D eigenvalue weighted by atomic mass is 127. The molecular formula is C10H9F2IO2. The summed E-state index contributed by atoms with van der Waals surface area (Å²) >= 11 is 1.92. The molecule has 2 nitrogen and oxygen atoms in total. The van der Waals surface area contributed by atoms with Gasteiger partial charge in [-0.1, -0.05) is 0 Å². The minimum absolute atomic E-state index is 0.0916. The van der Waals surface area contributed by atoms with Crippen LogP contribution in [0.1, 0.15) is 22.8 Å². The lowest BCUT2D eigenvalue weighted by molar-refractivity contribution is -0.0503. The Balaban J connectivity index is 3.13. The molecule has 0 aliphatic carbocycles. The van der Waals surface area contributed by atoms with Crippen LogP contribution in [0.15, 0.2) is 12.1 Å². The first-order valence-corrected chi connectivity index (χ1v) is 5.25. The SMILES string of the molecule is CC(=O)c1cc(C)c(OC(F)F)cc1I. The normalized spacial score (nSPS) is 10.5. The molecule has 0 N–H and O–H groups in total. The molecule has 0 fully saturated rings. The third-order valence-electron chi connectivity index (χ3n) is 1.86. The zero-order valence-corrected chi connectivity index (χ0v) is 10.3. The zero-order chi connectivity index (χ0) is 11.6. The summed E-state index contributed by atoms with van der Waals surface area (Å²) in [4.78, 5) is 11.2. The molecule has 0 aromatic heterocycles. The average molecular weight is 326 g/mol. The highest BCUT2D eigenvalue weighted by Gasteiger charge is 2.12. The van der Waals surface area contributed by atoms with Gasteiger partial charge in [0.25, 0.3) is 0 Å². The summed E-state index contributed by atoms with van der Waals surface area (Å²) in [5.74, 6) is 0.0190. The third-order valence-corrected chi connectivity index (χ3v) is 2.75. The molecule has 0 radical (unpaired) electrons. The largest absolute Gasteiger partial charge is 0.435 e. The molecule has 0 saturated carbocycles. The molecule has 1 aromatic carbocycles. The molecule has 15 heavy (non-hydrogen) atoms. The maximum Gasteiger partial charge on any atom is 0.387 e. The molecule has 0 aliphatic heterocycles. The zero-order valence-electron chi connectivity index (χ0n) is 8.18. The second kappa shape index (κ2) is 4.87. The molecule has 0 bridgehead atoms. The molecule has 0 unspecified atom stereocenters. The van der Waals surface area contributed by atoms with E-state index in [0.29, 0.717) is 14.7 Å². The van der Waals surface area contributed by atoms with Crippen molar-refractivity contribution in [3.05, 3.63) is 26.8 Å². The molecule has 0 atom stereocenters. The Morgan fingerprint density at radius 2 is 2.07 bits per heavy atom. The number of ether oxygens (including phenoxy) is 1. The Bertz CT molecular complexity index is 391. The van der Waals surface area contributed by atoms with Crippen molar-refractivity contribution in [2.45, 2.75) is 20.5 Å². The van der Waals surface area contributed by atoms with E-state index in [1.54, 1.807) is 13.0 Å². The molecule has 0 heterocycles. The van der Waals surface area contributed by atoms with Crippen LogP contribution in [0.3, 0.4) is 0 Å². The smallest absolute Gasteiger partial charge is 0.387 e. The first-order valence-electron chi connectivity index (χ1n) is 4.17. The van der Waals surface area contributed by atoms with Gasteiger partial charge in [-0.05, 0) is 54.1 Å². The van der Waals surface area contributed by atoms with Gasteiger partial charge in [-0.2, -0.15) is 8.78 Å². The Labute approximate surface area is 99.8 Å². The second-order valence-electron chi connectivity index (χ2n) is 3.03. The van der Waals surface area contributed by atoms with Gasteiger partial charge < -0.3 is 4.74 Å². The number of aryl methyl sites for hydroxylation is 1. The average Bonchev–Trinajstić information content (AvgIpc) is 2.09. The van der Waals surface area contributed by atoms with Crippen LogP contribution in [-0.2, 0) is 0 Å². The predicted molar refractivity (Wildman–Crippen MR) is 60.5 cm³/mol. The van der Waals surface area contributed by atoms with Crippen molar-refractivity contribution in [1.82, 2.24) is 0 Å². The first kappa shape index (κ1) is 12.4. The molecule has 1 aromatic rings. The standard InChI is InChI=1S/C10H9F2IO2/c1-5-3-7(6(2)14)8(13)4-9(5)15-10(11)12/h3-4,10H,1-2H3. The molecule has 0 amide bonds. The molecule has 1 rings (SSSR count). The summed E-state index contributed by atoms with van der Waals surface area (Å²) < 4.78 is 28.9. The molecule has 0 spiro atoms. The quantitative estimate of drug-likeness (QED) is 0.629. The van der Waals surface area contributed by atoms with E-state index in [9.17, 15) is 13.6 Å². The summed E-state index contributed by atoms with van der Waals surface area (Å²) in [6.45, 7) is 0.216. The molecule has 0 saturated heterocycles. The number of carbonyl (C=O) groups is 1. The van der Waals surface area contributed by atoms with Gasteiger partial charge in [0.1, 0.15) is 5.75 Å². The molecule has 5 heteroatoms. The van der Waals surface area contributed by atoms with Crippen LogP contribution in [0.5, 0.6) is 5.75 Å². The lowest BCUT2D eigenvalue weighted by atomic mass is 10.1. The summed E-state index contributed by atoms with van der Waals surface area (Å²) in [6.07, 6.45) is 0. The molecule has 82 valence electrons. The number of halogens is 3. The first-order chi connectivity index (χ1) is 6.91. The molecular weight excluding hydrogens is 317 g/mol. The van der Waals surface area contributed by atoms with Gasteiger partial charge >= 0.3 is 6.61 Å². The number of Topliss-reactive ketones (excluding diaryl/α,β-unsaturated/α-hetero) is 1. The number of hydrogen-bond donors (Lipinski definition) is 0. The van der Waals surface area contributed by atoms with E-state index < -0.39 is 6.61 Å². The van der Waals surface area contributed by atoms with Gasteiger partial charge in [-0.25, -0.2) is 0 Å². The van der Waals surface area contributed by atoms with Crippen molar-refractivity contribution in [2.24, 2.45) is 0 Å². The maximum atomic E-state index is 12.0. The van der Waals surface area contributed by atoms with Gasteiger partial charge in [-0.15, -0.1) is 0 Å². The van der Waals surface area contributed by atoms with Gasteiger partial charge in [0.05, 0.1) is 0 Å². The fourth-order valence-electron chi connectivity index (χ4n) is 1.16. The third kappa shape index (κ3) is 3.12. The van der Waals surface area contributed by atoms with E-state index in [1.807, 2.05) is 22.6 Å². The van der Waals surface area contributed by atoms with E-state index in [0.717, 1.165) is 0 Å². The van der Waals surface area contributed by atoms with E-state index >= 15 is 0 Å².